The van der Waals surface area contributed by atoms with Crippen LogP contribution in [-0.4, -0.2) is 23.0 Å². The van der Waals surface area contributed by atoms with E-state index in [9.17, 15) is 4.79 Å². The summed E-state index contributed by atoms with van der Waals surface area (Å²) < 4.78 is 5.88. The van der Waals surface area contributed by atoms with Crippen molar-refractivity contribution in [1.82, 2.24) is 4.98 Å². The highest BCUT2D eigenvalue weighted by atomic mass is 16.5. The molecule has 19 heavy (non-hydrogen) atoms. The van der Waals surface area contributed by atoms with Gasteiger partial charge in [-0.15, -0.1) is 0 Å². The molecule has 0 atom stereocenters. The Labute approximate surface area is 115 Å². The molecular weight excluding hydrogens is 238 g/mol. The second-order valence-electron chi connectivity index (χ2n) is 5.57. The quantitative estimate of drug-likeness (QED) is 0.817. The van der Waals surface area contributed by atoms with E-state index < -0.39 is 5.60 Å². The third-order valence-electron chi connectivity index (χ3n) is 4.10. The van der Waals surface area contributed by atoms with Gasteiger partial charge in [0.15, 0.2) is 5.78 Å². The molecule has 1 aliphatic rings. The van der Waals surface area contributed by atoms with Gasteiger partial charge < -0.3 is 4.74 Å². The first-order valence-electron chi connectivity index (χ1n) is 7.22. The molecule has 0 bridgehead atoms. The summed E-state index contributed by atoms with van der Waals surface area (Å²) in [5, 5.41) is 0. The smallest absolute Gasteiger partial charge is 0.169 e. The molecule has 104 valence electrons. The fourth-order valence-corrected chi connectivity index (χ4v) is 2.86. The first kappa shape index (κ1) is 14.2. The minimum Gasteiger partial charge on any atom is -0.367 e. The molecule has 2 rings (SSSR count). The highest BCUT2D eigenvalue weighted by Crippen LogP contribution is 2.36. The molecule has 1 heterocycles. The van der Waals surface area contributed by atoms with Crippen LogP contribution in [0.2, 0.25) is 0 Å². The van der Waals surface area contributed by atoms with Crippen molar-refractivity contribution in [3.05, 3.63) is 30.1 Å². The SMILES string of the molecule is CCOC1(C(=O)Cc2cccnc2)CCC(C)CC1. The van der Waals surface area contributed by atoms with Crippen LogP contribution in [0.5, 0.6) is 0 Å². The fourth-order valence-electron chi connectivity index (χ4n) is 2.86. The van der Waals surface area contributed by atoms with E-state index in [0.29, 0.717) is 18.9 Å². The van der Waals surface area contributed by atoms with E-state index in [1.54, 1.807) is 12.4 Å². The minimum absolute atomic E-state index is 0.217. The van der Waals surface area contributed by atoms with Gasteiger partial charge >= 0.3 is 0 Å². The zero-order valence-electron chi connectivity index (χ0n) is 11.9. The molecule has 3 nitrogen and oxygen atoms in total. The Morgan fingerprint density at radius 2 is 2.21 bits per heavy atom. The van der Waals surface area contributed by atoms with Crippen LogP contribution < -0.4 is 0 Å². The summed E-state index contributed by atoms with van der Waals surface area (Å²) in [6.45, 7) is 4.83. The summed E-state index contributed by atoms with van der Waals surface area (Å²) in [6, 6.07) is 3.83. The molecule has 0 radical (unpaired) electrons. The Morgan fingerprint density at radius 3 is 2.79 bits per heavy atom. The van der Waals surface area contributed by atoms with Gasteiger partial charge in [-0.05, 0) is 50.2 Å². The van der Waals surface area contributed by atoms with Gasteiger partial charge in [-0.3, -0.25) is 9.78 Å². The Balaban J connectivity index is 2.08. The number of hydrogen-bond donors (Lipinski definition) is 0. The summed E-state index contributed by atoms with van der Waals surface area (Å²) in [4.78, 5) is 16.7. The molecule has 1 saturated carbocycles. The van der Waals surface area contributed by atoms with Crippen LogP contribution in [0.15, 0.2) is 24.5 Å². The highest BCUT2D eigenvalue weighted by molar-refractivity contribution is 5.89. The maximum absolute atomic E-state index is 12.6. The summed E-state index contributed by atoms with van der Waals surface area (Å²) >= 11 is 0. The lowest BCUT2D eigenvalue weighted by atomic mass is 9.76. The molecule has 0 aliphatic heterocycles. The van der Waals surface area contributed by atoms with Crippen LogP contribution in [0.1, 0.15) is 45.1 Å². The molecule has 1 fully saturated rings. The number of hydrogen-bond acceptors (Lipinski definition) is 3. The number of ketones is 1. The summed E-state index contributed by atoms with van der Waals surface area (Å²) in [5.74, 6) is 0.925. The maximum atomic E-state index is 12.6. The zero-order valence-corrected chi connectivity index (χ0v) is 11.9. The molecule has 0 unspecified atom stereocenters. The number of nitrogens with zero attached hydrogens (tertiary/aromatic N) is 1. The predicted octanol–water partition coefficient (Wildman–Crippen LogP) is 3.18. The van der Waals surface area contributed by atoms with Gasteiger partial charge in [-0.2, -0.15) is 0 Å². The fraction of sp³-hybridized carbons (Fsp3) is 0.625. The molecule has 0 amide bonds. The van der Waals surface area contributed by atoms with Crippen LogP contribution >= 0.6 is 0 Å². The molecule has 1 aromatic rings. The van der Waals surface area contributed by atoms with E-state index in [1.165, 1.54) is 0 Å². The van der Waals surface area contributed by atoms with Crippen LogP contribution in [0.4, 0.5) is 0 Å². The van der Waals surface area contributed by atoms with Crippen molar-refractivity contribution >= 4 is 5.78 Å². The Hall–Kier alpha value is -1.22. The van der Waals surface area contributed by atoms with Gasteiger partial charge in [-0.25, -0.2) is 0 Å². The lowest BCUT2D eigenvalue weighted by Gasteiger charge is -2.37. The Bertz CT molecular complexity index is 408. The summed E-state index contributed by atoms with van der Waals surface area (Å²) in [6.07, 6.45) is 7.82. The lowest BCUT2D eigenvalue weighted by molar-refractivity contribution is -0.149. The van der Waals surface area contributed by atoms with Crippen LogP contribution in [0.25, 0.3) is 0 Å². The number of aromatic nitrogens is 1. The van der Waals surface area contributed by atoms with Crippen LogP contribution in [0, 0.1) is 5.92 Å². The van der Waals surface area contributed by atoms with Gasteiger partial charge in [0.05, 0.1) is 0 Å². The van der Waals surface area contributed by atoms with Crippen molar-refractivity contribution in [2.75, 3.05) is 6.61 Å². The number of rotatable bonds is 5. The number of carbonyl (C=O) groups is 1. The van der Waals surface area contributed by atoms with E-state index in [2.05, 4.69) is 11.9 Å². The van der Waals surface area contributed by atoms with Crippen molar-refractivity contribution in [1.29, 1.82) is 0 Å². The van der Waals surface area contributed by atoms with E-state index in [-0.39, 0.29) is 5.78 Å². The average Bonchev–Trinajstić information content (AvgIpc) is 2.43. The molecule has 0 spiro atoms. The van der Waals surface area contributed by atoms with Gasteiger partial charge in [-0.1, -0.05) is 13.0 Å². The molecule has 1 aromatic heterocycles. The van der Waals surface area contributed by atoms with Gasteiger partial charge in [0.2, 0.25) is 0 Å². The van der Waals surface area contributed by atoms with Crippen LogP contribution in [0.3, 0.4) is 0 Å². The minimum atomic E-state index is -0.545. The summed E-state index contributed by atoms with van der Waals surface area (Å²) in [5.41, 5.74) is 0.432. The van der Waals surface area contributed by atoms with E-state index in [4.69, 9.17) is 4.74 Å². The molecule has 0 aromatic carbocycles. The molecular formula is C16H23NO2. The van der Waals surface area contributed by atoms with E-state index >= 15 is 0 Å². The molecule has 3 heteroatoms. The first-order chi connectivity index (χ1) is 9.16. The third kappa shape index (κ3) is 3.41. The van der Waals surface area contributed by atoms with Crippen LogP contribution in [-0.2, 0) is 16.0 Å². The van der Waals surface area contributed by atoms with E-state index in [1.807, 2.05) is 19.1 Å². The number of pyridine rings is 1. The first-order valence-corrected chi connectivity index (χ1v) is 7.22. The molecule has 0 saturated heterocycles. The topological polar surface area (TPSA) is 39.2 Å². The van der Waals surface area contributed by atoms with E-state index in [0.717, 1.165) is 31.2 Å². The van der Waals surface area contributed by atoms with Gasteiger partial charge in [0.1, 0.15) is 5.60 Å². The number of ether oxygens (including phenoxy) is 1. The van der Waals surface area contributed by atoms with Crippen molar-refractivity contribution in [3.63, 3.8) is 0 Å². The lowest BCUT2D eigenvalue weighted by Crippen LogP contribution is -2.45. The van der Waals surface area contributed by atoms with Crippen molar-refractivity contribution < 1.29 is 9.53 Å². The van der Waals surface area contributed by atoms with Gasteiger partial charge in [0, 0.05) is 25.4 Å². The van der Waals surface area contributed by atoms with Crippen molar-refractivity contribution in [3.8, 4) is 0 Å². The summed E-state index contributed by atoms with van der Waals surface area (Å²) in [7, 11) is 0. The predicted molar refractivity (Wildman–Crippen MR) is 74.9 cm³/mol. The highest BCUT2D eigenvalue weighted by Gasteiger charge is 2.41. The average molecular weight is 261 g/mol. The normalized spacial score (nSPS) is 27.2. The Morgan fingerprint density at radius 1 is 1.47 bits per heavy atom. The molecule has 0 N–H and O–H groups in total. The third-order valence-corrected chi connectivity index (χ3v) is 4.10. The molecule has 1 aliphatic carbocycles. The van der Waals surface area contributed by atoms with Crippen molar-refractivity contribution in [2.45, 2.75) is 51.6 Å². The van der Waals surface area contributed by atoms with Gasteiger partial charge in [0.25, 0.3) is 0 Å². The monoisotopic (exact) mass is 261 g/mol. The maximum Gasteiger partial charge on any atom is 0.169 e. The number of carbonyl (C=O) groups excluding carboxylic acids is 1. The van der Waals surface area contributed by atoms with Crippen molar-refractivity contribution in [2.24, 2.45) is 5.92 Å². The zero-order chi connectivity index (χ0) is 13.7. The number of Topliss-reactive ketones (excluding diaryl/α,β-unsaturated/α-hetero) is 1. The largest absolute Gasteiger partial charge is 0.367 e. The Kier molecular flexibility index (Phi) is 4.70. The second-order valence-corrected chi connectivity index (χ2v) is 5.57. The second kappa shape index (κ2) is 6.29. The standard InChI is InChI=1S/C16H23NO2/c1-3-19-16(8-6-13(2)7-9-16)15(18)11-14-5-4-10-17-12-14/h4-5,10,12-13H,3,6-9,11H2,1-2H3.